The number of benzene rings is 1. The molecule has 0 amide bonds. The SMILES string of the molecule is COc1ccc(/C=C/CCCBr)cc1. The minimum atomic E-state index is 0.905. The van der Waals surface area contributed by atoms with Gasteiger partial charge in [-0.15, -0.1) is 0 Å². The van der Waals surface area contributed by atoms with E-state index in [1.54, 1.807) is 7.11 Å². The molecule has 0 fully saturated rings. The summed E-state index contributed by atoms with van der Waals surface area (Å²) in [6.07, 6.45) is 6.65. The number of ether oxygens (including phenoxy) is 1. The van der Waals surface area contributed by atoms with Crippen LogP contribution in [0.4, 0.5) is 0 Å². The number of halogens is 1. The fraction of sp³-hybridized carbons (Fsp3) is 0.333. The Kier molecular flexibility index (Phi) is 5.38. The van der Waals surface area contributed by atoms with Gasteiger partial charge in [-0.2, -0.15) is 0 Å². The van der Waals surface area contributed by atoms with Gasteiger partial charge in [0, 0.05) is 5.33 Å². The average Bonchev–Trinajstić information content (AvgIpc) is 2.25. The number of hydrogen-bond donors (Lipinski definition) is 0. The zero-order chi connectivity index (χ0) is 10.2. The van der Waals surface area contributed by atoms with Crippen LogP contribution in [0.25, 0.3) is 6.08 Å². The van der Waals surface area contributed by atoms with E-state index < -0.39 is 0 Å². The van der Waals surface area contributed by atoms with Crippen molar-refractivity contribution in [1.82, 2.24) is 0 Å². The molecular weight excluding hydrogens is 240 g/mol. The van der Waals surface area contributed by atoms with E-state index in [1.807, 2.05) is 12.1 Å². The Balaban J connectivity index is 2.47. The highest BCUT2D eigenvalue weighted by Crippen LogP contribution is 2.12. The Morgan fingerprint density at radius 2 is 2.00 bits per heavy atom. The van der Waals surface area contributed by atoms with E-state index in [0.29, 0.717) is 0 Å². The molecule has 0 heterocycles. The smallest absolute Gasteiger partial charge is 0.118 e. The fourth-order valence-corrected chi connectivity index (χ4v) is 1.45. The summed E-state index contributed by atoms with van der Waals surface area (Å²) in [5, 5.41) is 1.07. The van der Waals surface area contributed by atoms with Gasteiger partial charge in [0.15, 0.2) is 0 Å². The van der Waals surface area contributed by atoms with Crippen LogP contribution in [0.15, 0.2) is 30.3 Å². The molecule has 1 aromatic carbocycles. The number of methoxy groups -OCH3 is 1. The van der Waals surface area contributed by atoms with E-state index >= 15 is 0 Å². The summed E-state index contributed by atoms with van der Waals surface area (Å²) in [5.74, 6) is 0.905. The fourth-order valence-electron chi connectivity index (χ4n) is 1.13. The molecular formula is C12H15BrO. The lowest BCUT2D eigenvalue weighted by Crippen LogP contribution is -1.81. The Bertz CT molecular complexity index is 277. The van der Waals surface area contributed by atoms with Gasteiger partial charge in [-0.05, 0) is 30.5 Å². The number of hydrogen-bond acceptors (Lipinski definition) is 1. The number of unbranched alkanes of at least 4 members (excludes halogenated alkanes) is 1. The molecule has 1 nitrogen and oxygen atoms in total. The van der Waals surface area contributed by atoms with E-state index in [4.69, 9.17) is 4.74 Å². The number of alkyl halides is 1. The van der Waals surface area contributed by atoms with Crippen molar-refractivity contribution in [1.29, 1.82) is 0 Å². The molecule has 0 aliphatic carbocycles. The van der Waals surface area contributed by atoms with Crippen molar-refractivity contribution in [2.75, 3.05) is 12.4 Å². The Hall–Kier alpha value is -0.760. The van der Waals surface area contributed by atoms with Gasteiger partial charge in [-0.25, -0.2) is 0 Å². The van der Waals surface area contributed by atoms with Gasteiger partial charge in [0.1, 0.15) is 5.75 Å². The minimum Gasteiger partial charge on any atom is -0.497 e. The van der Waals surface area contributed by atoms with Crippen LogP contribution in [0.2, 0.25) is 0 Å². The van der Waals surface area contributed by atoms with Gasteiger partial charge >= 0.3 is 0 Å². The van der Waals surface area contributed by atoms with Gasteiger partial charge in [0.25, 0.3) is 0 Å². The first-order valence-corrected chi connectivity index (χ1v) is 5.85. The van der Waals surface area contributed by atoms with Crippen LogP contribution in [-0.2, 0) is 0 Å². The van der Waals surface area contributed by atoms with Crippen LogP contribution in [0, 0.1) is 0 Å². The highest BCUT2D eigenvalue weighted by atomic mass is 79.9. The van der Waals surface area contributed by atoms with E-state index in [1.165, 1.54) is 12.0 Å². The highest BCUT2D eigenvalue weighted by Gasteiger charge is 1.89. The largest absolute Gasteiger partial charge is 0.497 e. The van der Waals surface area contributed by atoms with E-state index in [9.17, 15) is 0 Å². The van der Waals surface area contributed by atoms with Crippen molar-refractivity contribution in [3.8, 4) is 5.75 Å². The van der Waals surface area contributed by atoms with Crippen molar-refractivity contribution in [3.63, 3.8) is 0 Å². The molecule has 76 valence electrons. The summed E-state index contributed by atoms with van der Waals surface area (Å²) < 4.78 is 5.08. The first-order valence-electron chi connectivity index (χ1n) is 4.73. The predicted octanol–water partition coefficient (Wildman–Crippen LogP) is 3.88. The highest BCUT2D eigenvalue weighted by molar-refractivity contribution is 9.09. The third-order valence-corrected chi connectivity index (χ3v) is 2.49. The third-order valence-electron chi connectivity index (χ3n) is 1.93. The lowest BCUT2D eigenvalue weighted by molar-refractivity contribution is 0.415. The topological polar surface area (TPSA) is 9.23 Å². The maximum absolute atomic E-state index is 5.08. The molecule has 0 aliphatic heterocycles. The maximum atomic E-state index is 5.08. The van der Waals surface area contributed by atoms with Gasteiger partial charge in [0.05, 0.1) is 7.11 Å². The molecule has 0 bridgehead atoms. The normalized spacial score (nSPS) is 10.7. The molecule has 0 aliphatic rings. The summed E-state index contributed by atoms with van der Waals surface area (Å²) >= 11 is 3.40. The summed E-state index contributed by atoms with van der Waals surface area (Å²) in [4.78, 5) is 0. The third kappa shape index (κ3) is 3.97. The van der Waals surface area contributed by atoms with Gasteiger partial charge < -0.3 is 4.74 Å². The molecule has 2 heteroatoms. The molecule has 0 atom stereocenters. The molecule has 1 aromatic rings. The molecule has 0 spiro atoms. The second kappa shape index (κ2) is 6.66. The van der Waals surface area contributed by atoms with E-state index in [2.05, 4.69) is 40.2 Å². The second-order valence-corrected chi connectivity index (χ2v) is 3.80. The van der Waals surface area contributed by atoms with Crippen LogP contribution in [0.1, 0.15) is 18.4 Å². The Morgan fingerprint density at radius 1 is 1.29 bits per heavy atom. The molecule has 0 unspecified atom stereocenters. The second-order valence-electron chi connectivity index (χ2n) is 3.01. The summed E-state index contributed by atoms with van der Waals surface area (Å²) in [6.45, 7) is 0. The first kappa shape index (κ1) is 11.3. The minimum absolute atomic E-state index is 0.905. The van der Waals surface area contributed by atoms with Gasteiger partial charge in [0.2, 0.25) is 0 Å². The van der Waals surface area contributed by atoms with Crippen LogP contribution < -0.4 is 4.74 Å². The molecule has 14 heavy (non-hydrogen) atoms. The molecule has 0 radical (unpaired) electrons. The average molecular weight is 255 g/mol. The maximum Gasteiger partial charge on any atom is 0.118 e. The van der Waals surface area contributed by atoms with Crippen LogP contribution >= 0.6 is 15.9 Å². The standard InChI is InChI=1S/C12H15BrO/c1-14-12-8-6-11(7-9-12)5-3-2-4-10-13/h3,5-9H,2,4,10H2,1H3/b5-3+. The zero-order valence-electron chi connectivity index (χ0n) is 8.37. The molecule has 0 aromatic heterocycles. The molecule has 0 saturated carbocycles. The van der Waals surface area contributed by atoms with Gasteiger partial charge in [-0.3, -0.25) is 0 Å². The lowest BCUT2D eigenvalue weighted by atomic mass is 10.2. The molecule has 1 rings (SSSR count). The zero-order valence-corrected chi connectivity index (χ0v) is 9.96. The summed E-state index contributed by atoms with van der Waals surface area (Å²) in [7, 11) is 1.68. The summed E-state index contributed by atoms with van der Waals surface area (Å²) in [5.41, 5.74) is 1.22. The lowest BCUT2D eigenvalue weighted by Gasteiger charge is -1.98. The van der Waals surface area contributed by atoms with Crippen LogP contribution in [0.3, 0.4) is 0 Å². The molecule has 0 saturated heterocycles. The van der Waals surface area contributed by atoms with Crippen molar-refractivity contribution < 1.29 is 4.74 Å². The number of allylic oxidation sites excluding steroid dienone is 1. The first-order chi connectivity index (χ1) is 6.86. The number of rotatable bonds is 5. The van der Waals surface area contributed by atoms with Crippen LogP contribution in [-0.4, -0.2) is 12.4 Å². The van der Waals surface area contributed by atoms with Crippen molar-refractivity contribution in [3.05, 3.63) is 35.9 Å². The molecule has 0 N–H and O–H groups in total. The quantitative estimate of drug-likeness (QED) is 0.573. The van der Waals surface area contributed by atoms with Crippen molar-refractivity contribution in [2.24, 2.45) is 0 Å². The van der Waals surface area contributed by atoms with Crippen molar-refractivity contribution >= 4 is 22.0 Å². The monoisotopic (exact) mass is 254 g/mol. The van der Waals surface area contributed by atoms with Crippen molar-refractivity contribution in [2.45, 2.75) is 12.8 Å². The summed E-state index contributed by atoms with van der Waals surface area (Å²) in [6, 6.07) is 8.07. The van der Waals surface area contributed by atoms with Crippen LogP contribution in [0.5, 0.6) is 5.75 Å². The Labute approximate surface area is 93.9 Å². The van der Waals surface area contributed by atoms with E-state index in [0.717, 1.165) is 17.5 Å². The predicted molar refractivity (Wildman–Crippen MR) is 65.1 cm³/mol. The van der Waals surface area contributed by atoms with Gasteiger partial charge in [-0.1, -0.05) is 40.2 Å². The Morgan fingerprint density at radius 3 is 2.57 bits per heavy atom. The van der Waals surface area contributed by atoms with E-state index in [-0.39, 0.29) is 0 Å².